The lowest BCUT2D eigenvalue weighted by Gasteiger charge is -2.29. The van der Waals surface area contributed by atoms with Gasteiger partial charge in [-0.25, -0.2) is 14.0 Å². The molecular weight excluding hydrogens is 387 g/mol. The van der Waals surface area contributed by atoms with E-state index < -0.39 is 12.0 Å². The molecule has 30 heavy (non-hydrogen) atoms. The molecule has 1 unspecified atom stereocenters. The van der Waals surface area contributed by atoms with Crippen molar-refractivity contribution in [2.24, 2.45) is 0 Å². The number of nitrogens with one attached hydrogen (secondary N) is 2. The predicted molar refractivity (Wildman–Crippen MR) is 110 cm³/mol. The van der Waals surface area contributed by atoms with E-state index in [4.69, 9.17) is 9.47 Å². The third kappa shape index (κ3) is 5.17. The second kappa shape index (κ2) is 9.43. The molecule has 158 valence electrons. The Morgan fingerprint density at radius 1 is 1.10 bits per heavy atom. The highest BCUT2D eigenvalue weighted by molar-refractivity contribution is 5.95. The van der Waals surface area contributed by atoms with Gasteiger partial charge in [0.1, 0.15) is 18.2 Å². The van der Waals surface area contributed by atoms with Crippen molar-refractivity contribution in [2.45, 2.75) is 45.9 Å². The minimum atomic E-state index is -0.619. The first-order chi connectivity index (χ1) is 14.4. The molecule has 0 aliphatic carbocycles. The summed E-state index contributed by atoms with van der Waals surface area (Å²) in [5, 5.41) is 5.50. The summed E-state index contributed by atoms with van der Waals surface area (Å²) in [6.07, 6.45) is 0.217. The van der Waals surface area contributed by atoms with Gasteiger partial charge in [0, 0.05) is 5.70 Å². The number of ether oxygens (including phenoxy) is 2. The summed E-state index contributed by atoms with van der Waals surface area (Å²) in [5.41, 5.74) is 2.53. The molecule has 0 aromatic heterocycles. The number of amides is 2. The Labute approximate surface area is 175 Å². The lowest BCUT2D eigenvalue weighted by atomic mass is 9.94. The van der Waals surface area contributed by atoms with Crippen LogP contribution in [0.3, 0.4) is 0 Å². The molecule has 0 fully saturated rings. The molecule has 0 spiro atoms. The third-order valence-corrected chi connectivity index (χ3v) is 4.60. The monoisotopic (exact) mass is 412 g/mol. The van der Waals surface area contributed by atoms with Gasteiger partial charge in [-0.05, 0) is 55.7 Å². The van der Waals surface area contributed by atoms with E-state index in [0.29, 0.717) is 30.0 Å². The molecule has 6 nitrogen and oxygen atoms in total. The number of carbonyl (C=O) groups excluding carboxylic acids is 2. The van der Waals surface area contributed by atoms with Crippen molar-refractivity contribution in [2.75, 3.05) is 0 Å². The molecule has 0 radical (unpaired) electrons. The van der Waals surface area contributed by atoms with Crippen LogP contribution in [0.2, 0.25) is 0 Å². The molecule has 3 rings (SSSR count). The van der Waals surface area contributed by atoms with Gasteiger partial charge in [-0.2, -0.15) is 0 Å². The number of allylic oxidation sites excluding steroid dienone is 1. The van der Waals surface area contributed by atoms with Crippen LogP contribution in [0.5, 0.6) is 5.75 Å². The van der Waals surface area contributed by atoms with Crippen molar-refractivity contribution < 1.29 is 23.5 Å². The summed E-state index contributed by atoms with van der Waals surface area (Å²) >= 11 is 0. The molecular formula is C23H25FN2O4. The minimum Gasteiger partial charge on any atom is -0.489 e. The number of hydrogen-bond acceptors (Lipinski definition) is 4. The van der Waals surface area contributed by atoms with Crippen molar-refractivity contribution in [3.63, 3.8) is 0 Å². The van der Waals surface area contributed by atoms with Crippen LogP contribution in [-0.4, -0.2) is 18.1 Å². The van der Waals surface area contributed by atoms with Crippen LogP contribution in [0.15, 0.2) is 59.8 Å². The predicted octanol–water partition coefficient (Wildman–Crippen LogP) is 4.37. The van der Waals surface area contributed by atoms with Crippen molar-refractivity contribution in [3.8, 4) is 5.75 Å². The van der Waals surface area contributed by atoms with E-state index in [2.05, 4.69) is 10.6 Å². The highest BCUT2D eigenvalue weighted by Crippen LogP contribution is 2.30. The van der Waals surface area contributed by atoms with Crippen LogP contribution < -0.4 is 15.4 Å². The maximum Gasteiger partial charge on any atom is 0.338 e. The summed E-state index contributed by atoms with van der Waals surface area (Å²) < 4.78 is 24.1. The molecule has 0 saturated heterocycles. The van der Waals surface area contributed by atoms with Gasteiger partial charge in [-0.3, -0.25) is 0 Å². The summed E-state index contributed by atoms with van der Waals surface area (Å²) in [4.78, 5) is 24.8. The maximum absolute atomic E-state index is 13.0. The summed E-state index contributed by atoms with van der Waals surface area (Å²) in [6.45, 7) is 5.73. The molecule has 1 heterocycles. The summed E-state index contributed by atoms with van der Waals surface area (Å²) in [7, 11) is 0. The van der Waals surface area contributed by atoms with Gasteiger partial charge in [0.2, 0.25) is 0 Å². The number of carbonyl (C=O) groups is 2. The Morgan fingerprint density at radius 3 is 2.37 bits per heavy atom. The van der Waals surface area contributed by atoms with E-state index in [1.54, 1.807) is 50.2 Å². The minimum absolute atomic E-state index is 0.274. The summed E-state index contributed by atoms with van der Waals surface area (Å²) in [5.74, 6) is -0.135. The number of rotatable bonds is 7. The Hall–Kier alpha value is -3.35. The van der Waals surface area contributed by atoms with Crippen LogP contribution in [0, 0.1) is 5.82 Å². The Kier molecular flexibility index (Phi) is 6.72. The summed E-state index contributed by atoms with van der Waals surface area (Å²) in [6, 6.07) is 12.2. The van der Waals surface area contributed by atoms with Gasteiger partial charge in [0.25, 0.3) is 0 Å². The Bertz CT molecular complexity index is 937. The molecule has 0 bridgehead atoms. The van der Waals surface area contributed by atoms with Crippen LogP contribution in [0.4, 0.5) is 9.18 Å². The van der Waals surface area contributed by atoms with Gasteiger partial charge in [-0.1, -0.05) is 31.2 Å². The van der Waals surface area contributed by atoms with E-state index in [1.165, 1.54) is 12.1 Å². The molecule has 7 heteroatoms. The normalized spacial score (nSPS) is 16.2. The first-order valence-electron chi connectivity index (χ1n) is 9.86. The average Bonchev–Trinajstić information content (AvgIpc) is 2.72. The molecule has 2 N–H and O–H groups in total. The largest absolute Gasteiger partial charge is 0.489 e. The zero-order valence-corrected chi connectivity index (χ0v) is 17.2. The number of urea groups is 1. The van der Waals surface area contributed by atoms with Crippen LogP contribution >= 0.6 is 0 Å². The van der Waals surface area contributed by atoms with Crippen molar-refractivity contribution in [3.05, 3.63) is 76.7 Å². The SMILES string of the molecule is CCC1=C(C(=O)OC(C)C)C(c2ccc(OCc3ccc(F)cc3)cc2)NC(=O)N1. The number of halogens is 1. The van der Waals surface area contributed by atoms with E-state index >= 15 is 0 Å². The molecule has 1 aliphatic rings. The topological polar surface area (TPSA) is 76.7 Å². The van der Waals surface area contributed by atoms with E-state index in [1.807, 2.05) is 6.92 Å². The Morgan fingerprint density at radius 2 is 1.77 bits per heavy atom. The van der Waals surface area contributed by atoms with Crippen LogP contribution in [0.25, 0.3) is 0 Å². The number of hydrogen-bond donors (Lipinski definition) is 2. The average molecular weight is 412 g/mol. The van der Waals surface area contributed by atoms with Gasteiger partial charge < -0.3 is 20.1 Å². The second-order valence-electron chi connectivity index (χ2n) is 7.22. The molecule has 1 atom stereocenters. The van der Waals surface area contributed by atoms with Crippen LogP contribution in [-0.2, 0) is 16.1 Å². The van der Waals surface area contributed by atoms with Gasteiger partial charge >= 0.3 is 12.0 Å². The van der Waals surface area contributed by atoms with Crippen molar-refractivity contribution >= 4 is 12.0 Å². The maximum atomic E-state index is 13.0. The van der Waals surface area contributed by atoms with Crippen molar-refractivity contribution in [1.29, 1.82) is 0 Å². The second-order valence-corrected chi connectivity index (χ2v) is 7.22. The fraction of sp³-hybridized carbons (Fsp3) is 0.304. The fourth-order valence-corrected chi connectivity index (χ4v) is 3.17. The highest BCUT2D eigenvalue weighted by Gasteiger charge is 2.33. The number of esters is 1. The van der Waals surface area contributed by atoms with Gasteiger partial charge in [0.05, 0.1) is 17.7 Å². The zero-order chi connectivity index (χ0) is 21.7. The van der Waals surface area contributed by atoms with Gasteiger partial charge in [0.15, 0.2) is 0 Å². The molecule has 2 aromatic carbocycles. The Balaban J connectivity index is 1.79. The van der Waals surface area contributed by atoms with Crippen molar-refractivity contribution in [1.82, 2.24) is 10.6 Å². The fourth-order valence-electron chi connectivity index (χ4n) is 3.17. The van der Waals surface area contributed by atoms with E-state index in [0.717, 1.165) is 11.1 Å². The van der Waals surface area contributed by atoms with Crippen LogP contribution in [0.1, 0.15) is 44.4 Å². The first kappa shape index (κ1) is 21.4. The van der Waals surface area contributed by atoms with E-state index in [9.17, 15) is 14.0 Å². The third-order valence-electron chi connectivity index (χ3n) is 4.60. The zero-order valence-electron chi connectivity index (χ0n) is 17.2. The highest BCUT2D eigenvalue weighted by atomic mass is 19.1. The lowest BCUT2D eigenvalue weighted by molar-refractivity contribution is -0.143. The lowest BCUT2D eigenvalue weighted by Crippen LogP contribution is -2.46. The number of benzene rings is 2. The quantitative estimate of drug-likeness (QED) is 0.662. The van der Waals surface area contributed by atoms with Gasteiger partial charge in [-0.15, -0.1) is 0 Å². The standard InChI is InChI=1S/C23H25FN2O4/c1-4-19-20(22(27)30-14(2)3)21(26-23(28)25-19)16-7-11-18(12-8-16)29-13-15-5-9-17(24)10-6-15/h5-12,14,21H,4,13H2,1-3H3,(H2,25,26,28). The molecule has 2 aromatic rings. The molecule has 0 saturated carbocycles. The molecule has 1 aliphatic heterocycles. The smallest absolute Gasteiger partial charge is 0.338 e. The van der Waals surface area contributed by atoms with E-state index in [-0.39, 0.29) is 18.0 Å². The molecule has 2 amide bonds. The first-order valence-corrected chi connectivity index (χ1v) is 9.86.